The highest BCUT2D eigenvalue weighted by Crippen LogP contribution is 2.32. The van der Waals surface area contributed by atoms with Crippen LogP contribution >= 0.6 is 0 Å². The summed E-state index contributed by atoms with van der Waals surface area (Å²) in [6.07, 6.45) is 3.37. The van der Waals surface area contributed by atoms with Gasteiger partial charge in [0, 0.05) is 29.0 Å². The molecule has 0 spiro atoms. The third kappa shape index (κ3) is 3.89. The van der Waals surface area contributed by atoms with E-state index in [1.165, 1.54) is 13.2 Å². The fraction of sp³-hybridized carbons (Fsp3) is 0.111. The normalized spacial score (nSPS) is 10.5. The van der Waals surface area contributed by atoms with E-state index in [1.54, 1.807) is 48.8 Å². The standard InChI is InChI=1S/C18H19FN6O2/c1-27-17-8-14(6-7-15(17)13-9-22-23-10-13)25(21)18(26)24(20)11-12-4-2-3-5-16(12)19/h2-10H,11,20-21H2,1H3,(H,22,23). The van der Waals surface area contributed by atoms with Crippen molar-refractivity contribution in [2.45, 2.75) is 6.54 Å². The molecule has 1 heterocycles. The smallest absolute Gasteiger partial charge is 0.353 e. The van der Waals surface area contributed by atoms with E-state index < -0.39 is 11.8 Å². The molecule has 140 valence electrons. The number of nitrogens with one attached hydrogen (secondary N) is 1. The van der Waals surface area contributed by atoms with E-state index in [9.17, 15) is 9.18 Å². The van der Waals surface area contributed by atoms with Crippen LogP contribution < -0.4 is 21.4 Å². The molecule has 2 aromatic carbocycles. The first-order valence-corrected chi connectivity index (χ1v) is 8.03. The molecule has 0 radical (unpaired) electrons. The number of carbonyl (C=O) groups excluding carboxylic acids is 1. The number of ether oxygens (including phenoxy) is 1. The molecule has 0 bridgehead atoms. The van der Waals surface area contributed by atoms with Crippen LogP contribution in [0.1, 0.15) is 5.56 Å². The van der Waals surface area contributed by atoms with Crippen molar-refractivity contribution in [2.75, 3.05) is 12.1 Å². The number of carbonyl (C=O) groups is 1. The Labute approximate surface area is 155 Å². The molecule has 0 saturated carbocycles. The van der Waals surface area contributed by atoms with Crippen LogP contribution in [0.2, 0.25) is 0 Å². The summed E-state index contributed by atoms with van der Waals surface area (Å²) >= 11 is 0. The van der Waals surface area contributed by atoms with Gasteiger partial charge in [0.25, 0.3) is 0 Å². The van der Waals surface area contributed by atoms with Gasteiger partial charge in [-0.15, -0.1) is 0 Å². The molecule has 1 aromatic heterocycles. The molecule has 0 atom stereocenters. The number of hydrogen-bond donors (Lipinski definition) is 3. The number of urea groups is 1. The van der Waals surface area contributed by atoms with Gasteiger partial charge >= 0.3 is 6.03 Å². The zero-order chi connectivity index (χ0) is 19.4. The third-order valence-corrected chi connectivity index (χ3v) is 4.02. The number of amides is 2. The lowest BCUT2D eigenvalue weighted by atomic mass is 10.1. The van der Waals surface area contributed by atoms with Crippen LogP contribution in [0.25, 0.3) is 11.1 Å². The Kier molecular flexibility index (Phi) is 5.34. The maximum atomic E-state index is 13.8. The molecular formula is C18H19FN6O2. The van der Waals surface area contributed by atoms with Gasteiger partial charge in [0.2, 0.25) is 0 Å². The molecular weight excluding hydrogens is 351 g/mol. The minimum absolute atomic E-state index is 0.122. The average molecular weight is 370 g/mol. The fourth-order valence-corrected chi connectivity index (χ4v) is 2.59. The van der Waals surface area contributed by atoms with Crippen molar-refractivity contribution in [3.05, 3.63) is 66.2 Å². The lowest BCUT2D eigenvalue weighted by Crippen LogP contribution is -2.50. The van der Waals surface area contributed by atoms with Gasteiger partial charge in [-0.05, 0) is 18.2 Å². The molecule has 3 aromatic rings. The van der Waals surface area contributed by atoms with Crippen LogP contribution in [-0.4, -0.2) is 28.3 Å². The number of benzene rings is 2. The number of nitrogens with zero attached hydrogens (tertiary/aromatic N) is 3. The maximum absolute atomic E-state index is 13.8. The van der Waals surface area contributed by atoms with Gasteiger partial charge in [0.05, 0.1) is 25.5 Å². The van der Waals surface area contributed by atoms with E-state index in [4.69, 9.17) is 16.4 Å². The summed E-state index contributed by atoms with van der Waals surface area (Å²) in [5, 5.41) is 8.36. The Hall–Kier alpha value is -3.43. The quantitative estimate of drug-likeness (QED) is 0.363. The van der Waals surface area contributed by atoms with Crippen molar-refractivity contribution in [3.8, 4) is 16.9 Å². The predicted molar refractivity (Wildman–Crippen MR) is 98.8 cm³/mol. The molecule has 5 N–H and O–H groups in total. The molecule has 0 aliphatic heterocycles. The topological polar surface area (TPSA) is 114 Å². The monoisotopic (exact) mass is 370 g/mol. The predicted octanol–water partition coefficient (Wildman–Crippen LogP) is 2.40. The molecule has 2 amide bonds. The number of nitrogens with two attached hydrogens (primary N) is 2. The highest BCUT2D eigenvalue weighted by atomic mass is 19.1. The minimum atomic E-state index is -0.698. The van der Waals surface area contributed by atoms with Gasteiger partial charge in [-0.1, -0.05) is 18.2 Å². The zero-order valence-corrected chi connectivity index (χ0v) is 14.6. The lowest BCUT2D eigenvalue weighted by molar-refractivity contribution is 0.202. The number of hydrogen-bond acceptors (Lipinski definition) is 5. The van der Waals surface area contributed by atoms with Crippen molar-refractivity contribution < 1.29 is 13.9 Å². The number of aromatic nitrogens is 2. The number of hydrazine groups is 2. The van der Waals surface area contributed by atoms with Crippen LogP contribution in [0, 0.1) is 5.82 Å². The van der Waals surface area contributed by atoms with E-state index in [0.29, 0.717) is 11.4 Å². The van der Waals surface area contributed by atoms with Crippen molar-refractivity contribution >= 4 is 11.7 Å². The zero-order valence-electron chi connectivity index (χ0n) is 14.6. The Bertz CT molecular complexity index is 931. The Balaban J connectivity index is 1.79. The summed E-state index contributed by atoms with van der Waals surface area (Å²) < 4.78 is 19.1. The number of methoxy groups -OCH3 is 1. The third-order valence-electron chi connectivity index (χ3n) is 4.02. The second-order valence-electron chi connectivity index (χ2n) is 5.74. The van der Waals surface area contributed by atoms with Crippen molar-refractivity contribution in [1.29, 1.82) is 0 Å². The van der Waals surface area contributed by atoms with E-state index in [0.717, 1.165) is 21.1 Å². The van der Waals surface area contributed by atoms with E-state index in [1.807, 2.05) is 0 Å². The molecule has 3 rings (SSSR count). The summed E-state index contributed by atoms with van der Waals surface area (Å²) in [7, 11) is 1.51. The van der Waals surface area contributed by atoms with E-state index in [2.05, 4.69) is 10.2 Å². The van der Waals surface area contributed by atoms with Crippen molar-refractivity contribution in [1.82, 2.24) is 15.2 Å². The number of H-pyrrole nitrogens is 1. The average Bonchev–Trinajstić information content (AvgIpc) is 3.22. The first kappa shape index (κ1) is 18.4. The summed E-state index contributed by atoms with van der Waals surface area (Å²) in [5.74, 6) is 11.8. The first-order valence-electron chi connectivity index (χ1n) is 8.03. The number of halogens is 1. The molecule has 8 nitrogen and oxygen atoms in total. The van der Waals surface area contributed by atoms with Crippen LogP contribution in [0.15, 0.2) is 54.9 Å². The highest BCUT2D eigenvalue weighted by molar-refractivity contribution is 5.91. The Morgan fingerprint density at radius 3 is 2.70 bits per heavy atom. The van der Waals surface area contributed by atoms with Gasteiger partial charge in [0.1, 0.15) is 11.6 Å². The summed E-state index contributed by atoms with van der Waals surface area (Å²) in [5.41, 5.74) is 2.27. The van der Waals surface area contributed by atoms with Crippen LogP contribution in [0.3, 0.4) is 0 Å². The van der Waals surface area contributed by atoms with Gasteiger partial charge in [-0.25, -0.2) is 25.9 Å². The van der Waals surface area contributed by atoms with E-state index in [-0.39, 0.29) is 12.1 Å². The van der Waals surface area contributed by atoms with Crippen LogP contribution in [-0.2, 0) is 6.54 Å². The SMILES string of the molecule is COc1cc(N(N)C(=O)N(N)Cc2ccccc2F)ccc1-c1cn[nH]c1. The molecule has 0 saturated heterocycles. The minimum Gasteiger partial charge on any atom is -0.496 e. The lowest BCUT2D eigenvalue weighted by Gasteiger charge is -2.24. The summed E-state index contributed by atoms with van der Waals surface area (Å²) in [6.45, 7) is -0.122. The van der Waals surface area contributed by atoms with E-state index >= 15 is 0 Å². The van der Waals surface area contributed by atoms with Gasteiger partial charge in [-0.2, -0.15) is 5.10 Å². The number of aromatic amines is 1. The highest BCUT2D eigenvalue weighted by Gasteiger charge is 2.20. The summed E-state index contributed by atoms with van der Waals surface area (Å²) in [6, 6.07) is 10.4. The fourth-order valence-electron chi connectivity index (χ4n) is 2.59. The van der Waals surface area contributed by atoms with Crippen LogP contribution in [0.5, 0.6) is 5.75 Å². The van der Waals surface area contributed by atoms with Gasteiger partial charge < -0.3 is 4.74 Å². The molecule has 0 aliphatic rings. The maximum Gasteiger partial charge on any atom is 0.353 e. The van der Waals surface area contributed by atoms with Crippen LogP contribution in [0.4, 0.5) is 14.9 Å². The molecule has 0 fully saturated rings. The largest absolute Gasteiger partial charge is 0.496 e. The van der Waals surface area contributed by atoms with Gasteiger partial charge in [0.15, 0.2) is 0 Å². The Morgan fingerprint density at radius 1 is 1.26 bits per heavy atom. The second kappa shape index (κ2) is 7.85. The van der Waals surface area contributed by atoms with Crippen molar-refractivity contribution in [3.63, 3.8) is 0 Å². The molecule has 9 heteroatoms. The molecule has 0 unspecified atom stereocenters. The Morgan fingerprint density at radius 2 is 2.04 bits per heavy atom. The van der Waals surface area contributed by atoms with Crippen molar-refractivity contribution in [2.24, 2.45) is 11.7 Å². The molecule has 27 heavy (non-hydrogen) atoms. The summed E-state index contributed by atoms with van der Waals surface area (Å²) in [4.78, 5) is 12.5. The first-order chi connectivity index (χ1) is 13.0. The number of rotatable bonds is 5. The number of anilines is 1. The second-order valence-corrected chi connectivity index (χ2v) is 5.74. The van der Waals surface area contributed by atoms with Gasteiger partial charge in [-0.3, -0.25) is 10.1 Å². The molecule has 0 aliphatic carbocycles.